The lowest BCUT2D eigenvalue weighted by Gasteiger charge is -2.16. The highest BCUT2D eigenvalue weighted by Gasteiger charge is 2.12. The molecule has 0 spiro atoms. The van der Waals surface area contributed by atoms with Crippen LogP contribution in [0, 0.1) is 30.1 Å². The molecule has 0 radical (unpaired) electrons. The molecular formula is C21H24N4O. The van der Waals surface area contributed by atoms with E-state index in [4.69, 9.17) is 4.74 Å². The Morgan fingerprint density at radius 2 is 2.04 bits per heavy atom. The van der Waals surface area contributed by atoms with Crippen LogP contribution < -0.4 is 4.74 Å². The van der Waals surface area contributed by atoms with Gasteiger partial charge in [-0.25, -0.2) is 9.50 Å². The van der Waals surface area contributed by atoms with E-state index in [1.54, 1.807) is 10.7 Å². The molecule has 134 valence electrons. The number of aromatic nitrogens is 3. The molecule has 0 N–H and O–H groups in total. The average molecular weight is 348 g/mol. The lowest BCUT2D eigenvalue weighted by Crippen LogP contribution is -2.11. The van der Waals surface area contributed by atoms with Crippen molar-refractivity contribution in [1.82, 2.24) is 14.6 Å². The van der Waals surface area contributed by atoms with Crippen molar-refractivity contribution in [2.24, 2.45) is 11.8 Å². The third-order valence-electron chi connectivity index (χ3n) is 4.29. The highest BCUT2D eigenvalue weighted by molar-refractivity contribution is 5.78. The van der Waals surface area contributed by atoms with E-state index in [0.717, 1.165) is 28.9 Å². The lowest BCUT2D eigenvalue weighted by molar-refractivity contribution is 0.238. The van der Waals surface area contributed by atoms with Crippen molar-refractivity contribution in [2.75, 3.05) is 6.61 Å². The summed E-state index contributed by atoms with van der Waals surface area (Å²) in [5.41, 5.74) is 4.11. The number of benzene rings is 1. The molecule has 0 unspecified atom stereocenters. The fourth-order valence-corrected chi connectivity index (χ4v) is 3.25. The van der Waals surface area contributed by atoms with Crippen LogP contribution in [-0.2, 0) is 0 Å². The van der Waals surface area contributed by atoms with Gasteiger partial charge in [-0.1, -0.05) is 26.8 Å². The van der Waals surface area contributed by atoms with Crippen LogP contribution in [0.1, 0.15) is 38.4 Å². The predicted molar refractivity (Wildman–Crippen MR) is 102 cm³/mol. The van der Waals surface area contributed by atoms with E-state index in [-0.39, 0.29) is 0 Å². The van der Waals surface area contributed by atoms with Crippen LogP contribution >= 0.6 is 0 Å². The molecule has 2 heterocycles. The van der Waals surface area contributed by atoms with Gasteiger partial charge in [0.2, 0.25) is 0 Å². The maximum absolute atomic E-state index is 9.55. The van der Waals surface area contributed by atoms with Crippen LogP contribution in [-0.4, -0.2) is 21.2 Å². The number of nitriles is 1. The minimum atomic E-state index is 0.453. The van der Waals surface area contributed by atoms with E-state index in [9.17, 15) is 5.26 Å². The molecule has 0 saturated heterocycles. The number of hydrogen-bond acceptors (Lipinski definition) is 4. The fraction of sp³-hybridized carbons (Fsp3) is 0.381. The summed E-state index contributed by atoms with van der Waals surface area (Å²) in [6.45, 7) is 9.14. The Morgan fingerprint density at radius 3 is 2.77 bits per heavy atom. The average Bonchev–Trinajstić information content (AvgIpc) is 2.99. The van der Waals surface area contributed by atoms with E-state index in [2.05, 4.69) is 36.9 Å². The molecule has 1 aromatic carbocycles. The van der Waals surface area contributed by atoms with Crippen LogP contribution in [0.15, 0.2) is 36.7 Å². The first kappa shape index (κ1) is 17.9. The van der Waals surface area contributed by atoms with Gasteiger partial charge in [-0.3, -0.25) is 0 Å². The predicted octanol–water partition coefficient (Wildman–Crippen LogP) is 4.64. The second-order valence-corrected chi connectivity index (χ2v) is 7.26. The number of ether oxygens (including phenoxy) is 1. The van der Waals surface area contributed by atoms with E-state index in [0.29, 0.717) is 29.8 Å². The molecule has 0 amide bonds. The largest absolute Gasteiger partial charge is 0.492 e. The maximum atomic E-state index is 9.55. The zero-order valence-electron chi connectivity index (χ0n) is 15.7. The summed E-state index contributed by atoms with van der Waals surface area (Å²) in [6, 6.07) is 9.89. The molecule has 0 aliphatic rings. The van der Waals surface area contributed by atoms with Gasteiger partial charge < -0.3 is 4.74 Å². The highest BCUT2D eigenvalue weighted by atomic mass is 16.5. The first-order valence-corrected chi connectivity index (χ1v) is 8.96. The molecule has 1 atom stereocenters. The van der Waals surface area contributed by atoms with Gasteiger partial charge in [0, 0.05) is 11.8 Å². The van der Waals surface area contributed by atoms with Crippen molar-refractivity contribution in [2.45, 2.75) is 34.1 Å². The van der Waals surface area contributed by atoms with Gasteiger partial charge in [-0.2, -0.15) is 10.4 Å². The van der Waals surface area contributed by atoms with Crippen molar-refractivity contribution >= 4 is 5.65 Å². The Kier molecular flexibility index (Phi) is 5.22. The summed E-state index contributed by atoms with van der Waals surface area (Å²) < 4.78 is 7.68. The summed E-state index contributed by atoms with van der Waals surface area (Å²) >= 11 is 0. The fourth-order valence-electron chi connectivity index (χ4n) is 3.25. The van der Waals surface area contributed by atoms with E-state index in [1.165, 1.54) is 0 Å². The number of nitrogens with zero attached hydrogens (tertiary/aromatic N) is 4. The van der Waals surface area contributed by atoms with E-state index in [1.807, 2.05) is 37.4 Å². The highest BCUT2D eigenvalue weighted by Crippen LogP contribution is 2.29. The van der Waals surface area contributed by atoms with Gasteiger partial charge in [0.05, 0.1) is 24.1 Å². The second kappa shape index (κ2) is 7.57. The summed E-state index contributed by atoms with van der Waals surface area (Å²) in [5, 5.41) is 13.8. The van der Waals surface area contributed by atoms with Crippen molar-refractivity contribution in [3.63, 3.8) is 0 Å². The minimum absolute atomic E-state index is 0.453. The van der Waals surface area contributed by atoms with Crippen molar-refractivity contribution in [3.8, 4) is 22.9 Å². The van der Waals surface area contributed by atoms with Crippen LogP contribution in [0.5, 0.6) is 5.75 Å². The monoisotopic (exact) mass is 348 g/mol. The molecule has 0 fully saturated rings. The number of hydrogen-bond donors (Lipinski definition) is 0. The molecule has 5 nitrogen and oxygen atoms in total. The Morgan fingerprint density at radius 1 is 1.23 bits per heavy atom. The first-order valence-electron chi connectivity index (χ1n) is 8.96. The van der Waals surface area contributed by atoms with Gasteiger partial charge in [-0.15, -0.1) is 0 Å². The number of imidazole rings is 1. The lowest BCUT2D eigenvalue weighted by atomic mass is 10.00. The topological polar surface area (TPSA) is 63.2 Å². The van der Waals surface area contributed by atoms with Gasteiger partial charge in [0.15, 0.2) is 5.65 Å². The van der Waals surface area contributed by atoms with Gasteiger partial charge in [0.25, 0.3) is 0 Å². The van der Waals surface area contributed by atoms with E-state index < -0.39 is 0 Å². The molecule has 0 saturated carbocycles. The molecule has 3 rings (SSSR count). The third-order valence-corrected chi connectivity index (χ3v) is 4.29. The zero-order chi connectivity index (χ0) is 18.7. The smallest absolute Gasteiger partial charge is 0.161 e. The van der Waals surface area contributed by atoms with Gasteiger partial charge >= 0.3 is 0 Å². The molecule has 0 aliphatic carbocycles. The normalized spacial score (nSPS) is 12.3. The summed E-state index contributed by atoms with van der Waals surface area (Å²) in [6.07, 6.45) is 4.74. The van der Waals surface area contributed by atoms with Crippen LogP contribution in [0.25, 0.3) is 16.8 Å². The molecule has 26 heavy (non-hydrogen) atoms. The maximum Gasteiger partial charge on any atom is 0.161 e. The zero-order valence-corrected chi connectivity index (χ0v) is 15.7. The summed E-state index contributed by atoms with van der Waals surface area (Å²) in [7, 11) is 0. The van der Waals surface area contributed by atoms with Gasteiger partial charge in [-0.05, 0) is 48.9 Å². The molecule has 5 heteroatoms. The Labute approximate surface area is 154 Å². The Bertz CT molecular complexity index is 952. The Balaban J connectivity index is 1.88. The Hall–Kier alpha value is -2.87. The van der Waals surface area contributed by atoms with Gasteiger partial charge in [0.1, 0.15) is 11.8 Å². The van der Waals surface area contributed by atoms with Crippen LogP contribution in [0.3, 0.4) is 0 Å². The summed E-state index contributed by atoms with van der Waals surface area (Å²) in [4.78, 5) is 4.54. The molecule has 3 aromatic rings. The quantitative estimate of drug-likeness (QED) is 0.651. The van der Waals surface area contributed by atoms with Crippen molar-refractivity contribution < 1.29 is 4.74 Å². The van der Waals surface area contributed by atoms with Crippen molar-refractivity contribution in [1.29, 1.82) is 5.26 Å². The SMILES string of the molecule is Cc1cn2nccc(-c3ccc(OC[C@H](C)CC(C)C)c(C#N)c3)c2n1. The molecular weight excluding hydrogens is 324 g/mol. The van der Waals surface area contributed by atoms with Crippen molar-refractivity contribution in [3.05, 3.63) is 47.9 Å². The number of fused-ring (bicyclic) bond motifs is 1. The minimum Gasteiger partial charge on any atom is -0.492 e. The second-order valence-electron chi connectivity index (χ2n) is 7.26. The molecule has 2 aromatic heterocycles. The van der Waals surface area contributed by atoms with E-state index >= 15 is 0 Å². The van der Waals surface area contributed by atoms with Crippen LogP contribution in [0.2, 0.25) is 0 Å². The number of aryl methyl sites for hydroxylation is 1. The molecule has 0 aliphatic heterocycles. The molecule has 0 bridgehead atoms. The first-order chi connectivity index (χ1) is 12.5. The summed E-state index contributed by atoms with van der Waals surface area (Å²) in [5.74, 6) is 1.73. The third kappa shape index (κ3) is 3.85. The van der Waals surface area contributed by atoms with Crippen LogP contribution in [0.4, 0.5) is 0 Å². The number of rotatable bonds is 6. The standard InChI is InChI=1S/C21H24N4O/c1-14(2)9-15(3)13-26-20-6-5-17(10-18(20)11-22)19-7-8-23-25-12-16(4)24-21(19)25/h5-8,10,12,14-15H,9,13H2,1-4H3/t15-/m1/s1.